The summed E-state index contributed by atoms with van der Waals surface area (Å²) < 4.78 is 10.6. The van der Waals surface area contributed by atoms with Crippen molar-refractivity contribution >= 4 is 40.5 Å². The first-order chi connectivity index (χ1) is 17.0. The van der Waals surface area contributed by atoms with Crippen LogP contribution in [-0.4, -0.2) is 48.4 Å². The van der Waals surface area contributed by atoms with Crippen LogP contribution in [0.15, 0.2) is 71.0 Å². The number of hydrogen-bond donors (Lipinski definition) is 0. The summed E-state index contributed by atoms with van der Waals surface area (Å²) in [5.74, 6) is 1.31. The molecule has 0 radical (unpaired) electrons. The molecule has 2 aromatic carbocycles. The first kappa shape index (κ1) is 24.6. The molecule has 2 amide bonds. The Labute approximate surface area is 210 Å². The zero-order chi connectivity index (χ0) is 24.8. The van der Waals surface area contributed by atoms with Crippen LogP contribution in [0.4, 0.5) is 5.69 Å². The molecular weight excluding hydrogens is 462 g/mol. The molecule has 7 nitrogen and oxygen atoms in total. The minimum absolute atomic E-state index is 0.0129. The van der Waals surface area contributed by atoms with E-state index in [1.807, 2.05) is 54.3 Å². The average molecular weight is 492 g/mol. The van der Waals surface area contributed by atoms with Gasteiger partial charge in [-0.15, -0.1) is 0 Å². The van der Waals surface area contributed by atoms with Gasteiger partial charge in [0.25, 0.3) is 5.91 Å². The van der Waals surface area contributed by atoms with Gasteiger partial charge in [0, 0.05) is 18.3 Å². The van der Waals surface area contributed by atoms with Crippen molar-refractivity contribution in [3.8, 4) is 11.5 Å². The van der Waals surface area contributed by atoms with E-state index in [0.29, 0.717) is 28.8 Å². The number of amides is 2. The molecule has 0 atom stereocenters. The maximum Gasteiger partial charge on any atom is 0.283 e. The molecule has 0 bridgehead atoms. The number of allylic oxidation sites excluding steroid dienone is 2. The second-order valence-electron chi connectivity index (χ2n) is 8.05. The Balaban J connectivity index is 1.61. The molecule has 0 fully saturated rings. The molecule has 0 N–H and O–H groups in total. The number of rotatable bonds is 8. The Bertz CT molecular complexity index is 1190. The van der Waals surface area contributed by atoms with Gasteiger partial charge in [-0.3, -0.25) is 14.5 Å². The van der Waals surface area contributed by atoms with E-state index >= 15 is 0 Å². The van der Waals surface area contributed by atoms with E-state index in [9.17, 15) is 9.59 Å². The molecule has 0 aromatic heterocycles. The first-order valence-corrected chi connectivity index (χ1v) is 12.6. The van der Waals surface area contributed by atoms with Gasteiger partial charge in [0.1, 0.15) is 17.2 Å². The molecule has 35 heavy (non-hydrogen) atoms. The lowest BCUT2D eigenvalue weighted by atomic mass is 10.2. The van der Waals surface area contributed by atoms with Gasteiger partial charge in [0.05, 0.1) is 25.7 Å². The molecule has 4 rings (SSSR count). The van der Waals surface area contributed by atoms with Crippen molar-refractivity contribution < 1.29 is 19.1 Å². The third kappa shape index (κ3) is 5.59. The average Bonchev–Trinajstić information content (AvgIpc) is 3.52. The highest BCUT2D eigenvalue weighted by atomic mass is 32.2. The lowest BCUT2D eigenvalue weighted by Crippen LogP contribution is -2.34. The quantitative estimate of drug-likeness (QED) is 0.481. The second-order valence-corrected chi connectivity index (χ2v) is 9.00. The van der Waals surface area contributed by atoms with Crippen LogP contribution in [0.1, 0.15) is 31.7 Å². The van der Waals surface area contributed by atoms with E-state index < -0.39 is 0 Å². The highest BCUT2D eigenvalue weighted by molar-refractivity contribution is 8.14. The number of nitrogens with zero attached hydrogens (tertiary/aromatic N) is 3. The summed E-state index contributed by atoms with van der Waals surface area (Å²) in [4.78, 5) is 34.5. The van der Waals surface area contributed by atoms with Gasteiger partial charge in [-0.2, -0.15) is 0 Å². The van der Waals surface area contributed by atoms with Crippen LogP contribution >= 0.6 is 11.8 Å². The number of thioether (sulfide) groups is 1. The number of anilines is 1. The Hall–Kier alpha value is -3.52. The van der Waals surface area contributed by atoms with Crippen molar-refractivity contribution in [1.82, 2.24) is 4.90 Å². The Morgan fingerprint density at radius 3 is 2.57 bits per heavy atom. The topological polar surface area (TPSA) is 71.4 Å². The predicted molar refractivity (Wildman–Crippen MR) is 141 cm³/mol. The van der Waals surface area contributed by atoms with Crippen molar-refractivity contribution in [1.29, 1.82) is 0 Å². The van der Waals surface area contributed by atoms with Gasteiger partial charge in [0.2, 0.25) is 5.91 Å². The molecule has 0 spiro atoms. The van der Waals surface area contributed by atoms with E-state index in [-0.39, 0.29) is 17.6 Å². The Morgan fingerprint density at radius 2 is 1.91 bits per heavy atom. The smallest absolute Gasteiger partial charge is 0.283 e. The summed E-state index contributed by atoms with van der Waals surface area (Å²) in [6.07, 6.45) is 6.90. The Morgan fingerprint density at radius 1 is 1.14 bits per heavy atom. The maximum absolute atomic E-state index is 13.4. The largest absolute Gasteiger partial charge is 0.497 e. The number of benzene rings is 2. The van der Waals surface area contributed by atoms with Crippen LogP contribution in [-0.2, 0) is 9.59 Å². The molecule has 1 heterocycles. The zero-order valence-electron chi connectivity index (χ0n) is 20.2. The molecule has 182 valence electrons. The molecule has 2 aromatic rings. The fraction of sp³-hybridized carbons (Fsp3) is 0.296. The van der Waals surface area contributed by atoms with Gasteiger partial charge in [-0.05, 0) is 62.1 Å². The van der Waals surface area contributed by atoms with Crippen LogP contribution in [0.5, 0.6) is 11.5 Å². The lowest BCUT2D eigenvalue weighted by Gasteiger charge is -2.23. The number of methoxy groups -OCH3 is 2. The third-order valence-corrected chi connectivity index (χ3v) is 6.79. The fourth-order valence-corrected chi connectivity index (χ4v) is 4.96. The first-order valence-electron chi connectivity index (χ1n) is 11.6. The van der Waals surface area contributed by atoms with Crippen molar-refractivity contribution in [2.45, 2.75) is 26.2 Å². The highest BCUT2D eigenvalue weighted by Crippen LogP contribution is 2.32. The summed E-state index contributed by atoms with van der Waals surface area (Å²) in [6, 6.07) is 14.7. The van der Waals surface area contributed by atoms with Crippen LogP contribution in [0, 0.1) is 0 Å². The minimum atomic E-state index is -0.255. The third-order valence-electron chi connectivity index (χ3n) is 5.87. The second kappa shape index (κ2) is 11.3. The fourth-order valence-electron chi connectivity index (χ4n) is 4.07. The monoisotopic (exact) mass is 491 g/mol. The molecular formula is C27H29N3O4S. The van der Waals surface area contributed by atoms with Crippen molar-refractivity contribution in [2.75, 3.05) is 31.4 Å². The minimum Gasteiger partial charge on any atom is -0.497 e. The van der Waals surface area contributed by atoms with Crippen molar-refractivity contribution in [3.05, 3.63) is 71.6 Å². The molecule has 8 heteroatoms. The van der Waals surface area contributed by atoms with Gasteiger partial charge < -0.3 is 14.4 Å². The molecule has 1 aliphatic heterocycles. The van der Waals surface area contributed by atoms with E-state index in [1.54, 1.807) is 31.3 Å². The van der Waals surface area contributed by atoms with Gasteiger partial charge in [-0.25, -0.2) is 4.99 Å². The SMILES string of the molecule is CCN(C(=O)CSC1=N/C(=C/c2ccc(OC)cc2)C(=O)N1c1cccc(OC)c1)C1=CCCC1. The summed E-state index contributed by atoms with van der Waals surface area (Å²) in [5.41, 5.74) is 2.86. The highest BCUT2D eigenvalue weighted by Gasteiger charge is 2.33. The van der Waals surface area contributed by atoms with E-state index in [0.717, 1.165) is 36.3 Å². The van der Waals surface area contributed by atoms with Crippen LogP contribution < -0.4 is 14.4 Å². The van der Waals surface area contributed by atoms with Crippen LogP contribution in [0.3, 0.4) is 0 Å². The zero-order valence-corrected chi connectivity index (χ0v) is 21.0. The molecule has 2 aliphatic rings. The van der Waals surface area contributed by atoms with Crippen molar-refractivity contribution in [3.63, 3.8) is 0 Å². The summed E-state index contributed by atoms with van der Waals surface area (Å²) in [5, 5.41) is 0.466. The van der Waals surface area contributed by atoms with Crippen LogP contribution in [0.25, 0.3) is 6.08 Å². The van der Waals surface area contributed by atoms with E-state index in [4.69, 9.17) is 9.47 Å². The van der Waals surface area contributed by atoms with Gasteiger partial charge in [-0.1, -0.05) is 36.0 Å². The number of aliphatic imine (C=N–C) groups is 1. The lowest BCUT2D eigenvalue weighted by molar-refractivity contribution is -0.126. The van der Waals surface area contributed by atoms with Crippen LogP contribution in [0.2, 0.25) is 0 Å². The molecule has 1 aliphatic carbocycles. The molecule has 0 unspecified atom stereocenters. The molecule has 0 saturated heterocycles. The predicted octanol–water partition coefficient (Wildman–Crippen LogP) is 5.10. The number of ether oxygens (including phenoxy) is 2. The summed E-state index contributed by atoms with van der Waals surface area (Å²) >= 11 is 1.27. The summed E-state index contributed by atoms with van der Waals surface area (Å²) in [6.45, 7) is 2.61. The van der Waals surface area contributed by atoms with Crippen molar-refractivity contribution in [2.24, 2.45) is 4.99 Å². The van der Waals surface area contributed by atoms with E-state index in [2.05, 4.69) is 11.1 Å². The van der Waals surface area contributed by atoms with E-state index in [1.165, 1.54) is 11.8 Å². The number of carbonyl (C=O) groups is 2. The number of hydrogen-bond acceptors (Lipinski definition) is 6. The van der Waals surface area contributed by atoms with Gasteiger partial charge >= 0.3 is 0 Å². The standard InChI is InChI=1S/C27H29N3O4S/c1-4-29(20-8-5-6-9-20)25(31)18-35-27-28-24(16-19-12-14-22(33-2)15-13-19)26(32)30(27)21-10-7-11-23(17-21)34-3/h7-8,10-17H,4-6,9,18H2,1-3H3/b24-16+. The molecule has 0 saturated carbocycles. The normalized spacial score (nSPS) is 16.4. The maximum atomic E-state index is 13.4. The van der Waals surface area contributed by atoms with Gasteiger partial charge in [0.15, 0.2) is 5.17 Å². The summed E-state index contributed by atoms with van der Waals surface area (Å²) in [7, 11) is 3.19. The number of amidine groups is 1. The number of carbonyl (C=O) groups excluding carboxylic acids is 2. The Kier molecular flexibility index (Phi) is 7.92.